The van der Waals surface area contributed by atoms with Crippen molar-refractivity contribution < 1.29 is 14.7 Å². The van der Waals surface area contributed by atoms with Crippen LogP contribution in [0, 0.1) is 5.92 Å². The Morgan fingerprint density at radius 3 is 2.17 bits per heavy atom. The molecule has 1 fully saturated rings. The van der Waals surface area contributed by atoms with Crippen LogP contribution in [-0.4, -0.2) is 42.9 Å². The maximum absolute atomic E-state index is 10.4. The maximum Gasteiger partial charge on any atom is 0.306 e. The van der Waals surface area contributed by atoms with Crippen molar-refractivity contribution in [1.82, 2.24) is 4.90 Å². The second-order valence-electron chi connectivity index (χ2n) is 2.92. The van der Waals surface area contributed by atoms with E-state index in [4.69, 9.17) is 9.90 Å². The van der Waals surface area contributed by atoms with Crippen molar-refractivity contribution >= 4 is 12.8 Å². The molecule has 0 spiro atoms. The summed E-state index contributed by atoms with van der Waals surface area (Å²) in [5.74, 6) is -0.718. The summed E-state index contributed by atoms with van der Waals surface area (Å²) in [6.45, 7) is 3.86. The Balaban J connectivity index is 0.000000561. The Morgan fingerprint density at radius 2 is 1.83 bits per heavy atom. The number of carbonyl (C=O) groups excluding carboxylic acids is 1. The van der Waals surface area contributed by atoms with Crippen LogP contribution in [0.3, 0.4) is 0 Å². The molecular formula is C8H15NO3. The third-order valence-electron chi connectivity index (χ3n) is 2.07. The summed E-state index contributed by atoms with van der Waals surface area (Å²) in [7, 11) is 2.03. The van der Waals surface area contributed by atoms with Crippen LogP contribution in [0.15, 0.2) is 0 Å². The van der Waals surface area contributed by atoms with E-state index < -0.39 is 5.97 Å². The third kappa shape index (κ3) is 3.48. The van der Waals surface area contributed by atoms with Gasteiger partial charge in [-0.1, -0.05) is 0 Å². The lowest BCUT2D eigenvalue weighted by Crippen LogP contribution is -2.33. The van der Waals surface area contributed by atoms with Crippen molar-refractivity contribution in [3.8, 4) is 0 Å². The average Bonchev–Trinajstić information content (AvgIpc) is 2.09. The van der Waals surface area contributed by atoms with E-state index in [9.17, 15) is 4.79 Å². The van der Waals surface area contributed by atoms with Gasteiger partial charge in [0.2, 0.25) is 0 Å². The van der Waals surface area contributed by atoms with Crippen LogP contribution in [0.5, 0.6) is 0 Å². The van der Waals surface area contributed by atoms with Crippen LogP contribution in [0.2, 0.25) is 0 Å². The number of piperidine rings is 1. The summed E-state index contributed by atoms with van der Waals surface area (Å²) in [4.78, 5) is 20.6. The highest BCUT2D eigenvalue weighted by Crippen LogP contribution is 2.15. The molecule has 1 N–H and O–H groups in total. The molecule has 0 aliphatic carbocycles. The molecule has 0 bridgehead atoms. The zero-order chi connectivity index (χ0) is 9.56. The molecule has 1 heterocycles. The molecule has 0 radical (unpaired) electrons. The second-order valence-corrected chi connectivity index (χ2v) is 2.92. The summed E-state index contributed by atoms with van der Waals surface area (Å²) in [6, 6.07) is 0. The summed E-state index contributed by atoms with van der Waals surface area (Å²) in [5, 5.41) is 8.61. The Kier molecular flexibility index (Phi) is 5.28. The number of hydrogen-bond donors (Lipinski definition) is 1. The van der Waals surface area contributed by atoms with Crippen molar-refractivity contribution in [2.75, 3.05) is 20.1 Å². The Bertz CT molecular complexity index is 141. The molecule has 0 aromatic carbocycles. The second kappa shape index (κ2) is 5.71. The van der Waals surface area contributed by atoms with Crippen LogP contribution < -0.4 is 0 Å². The smallest absolute Gasteiger partial charge is 0.306 e. The summed E-state index contributed by atoms with van der Waals surface area (Å²) in [6.07, 6.45) is 1.62. The van der Waals surface area contributed by atoms with Gasteiger partial charge in [0.25, 0.3) is 0 Å². The van der Waals surface area contributed by atoms with Gasteiger partial charge in [0.05, 0.1) is 5.92 Å². The fourth-order valence-electron chi connectivity index (χ4n) is 1.26. The van der Waals surface area contributed by atoms with E-state index >= 15 is 0 Å². The molecule has 0 amide bonds. The summed E-state index contributed by atoms with van der Waals surface area (Å²) in [5.41, 5.74) is 0. The van der Waals surface area contributed by atoms with Crippen molar-refractivity contribution in [3.63, 3.8) is 0 Å². The minimum Gasteiger partial charge on any atom is -0.481 e. The largest absolute Gasteiger partial charge is 0.481 e. The lowest BCUT2D eigenvalue weighted by molar-refractivity contribution is -0.143. The zero-order valence-electron chi connectivity index (χ0n) is 7.32. The highest BCUT2D eigenvalue weighted by atomic mass is 16.4. The van der Waals surface area contributed by atoms with E-state index in [1.807, 2.05) is 13.8 Å². The first-order valence-corrected chi connectivity index (χ1v) is 3.90. The van der Waals surface area contributed by atoms with Crippen molar-refractivity contribution in [2.24, 2.45) is 5.92 Å². The average molecular weight is 173 g/mol. The zero-order valence-corrected chi connectivity index (χ0v) is 7.32. The molecule has 1 rings (SSSR count). The third-order valence-corrected chi connectivity index (χ3v) is 2.07. The molecule has 1 aliphatic rings. The molecule has 1 saturated heterocycles. The number of carbonyl (C=O) groups is 2. The minimum atomic E-state index is -0.631. The maximum atomic E-state index is 10.4. The van der Waals surface area contributed by atoms with E-state index in [-0.39, 0.29) is 5.92 Å². The van der Waals surface area contributed by atoms with Crippen LogP contribution in [0.1, 0.15) is 12.8 Å². The standard InChI is InChI=1S/C7H13NO2.CH2O/c1-8-4-2-6(3-5-8)7(9)10;1-2/h6H,2-5H2,1H3,(H,9,10);1H2. The normalized spacial score (nSPS) is 19.4. The van der Waals surface area contributed by atoms with Crippen LogP contribution in [0.25, 0.3) is 0 Å². The van der Waals surface area contributed by atoms with Crippen molar-refractivity contribution in [2.45, 2.75) is 12.8 Å². The molecule has 1 aliphatic heterocycles. The number of hydrogen-bond acceptors (Lipinski definition) is 3. The van der Waals surface area contributed by atoms with Gasteiger partial charge in [-0.2, -0.15) is 0 Å². The lowest BCUT2D eigenvalue weighted by atomic mass is 9.98. The quantitative estimate of drug-likeness (QED) is 0.616. The fourth-order valence-corrected chi connectivity index (χ4v) is 1.26. The predicted octanol–water partition coefficient (Wildman–Crippen LogP) is 0.228. The Hall–Kier alpha value is -0.900. The molecule has 4 heteroatoms. The summed E-state index contributed by atoms with van der Waals surface area (Å²) < 4.78 is 0. The van der Waals surface area contributed by atoms with Crippen LogP contribution in [0.4, 0.5) is 0 Å². The molecule has 12 heavy (non-hydrogen) atoms. The van der Waals surface area contributed by atoms with Gasteiger partial charge < -0.3 is 14.8 Å². The number of aliphatic carboxylic acids is 1. The molecule has 0 saturated carbocycles. The van der Waals surface area contributed by atoms with Crippen molar-refractivity contribution in [1.29, 1.82) is 0 Å². The van der Waals surface area contributed by atoms with Gasteiger partial charge in [0.1, 0.15) is 6.79 Å². The minimum absolute atomic E-state index is 0.0869. The van der Waals surface area contributed by atoms with Crippen LogP contribution in [-0.2, 0) is 9.59 Å². The molecule has 0 aromatic heterocycles. The molecule has 0 aromatic rings. The molecule has 4 nitrogen and oxygen atoms in total. The van der Waals surface area contributed by atoms with Gasteiger partial charge in [-0.25, -0.2) is 0 Å². The number of nitrogens with zero attached hydrogens (tertiary/aromatic N) is 1. The first-order valence-electron chi connectivity index (χ1n) is 3.90. The fraction of sp³-hybridized carbons (Fsp3) is 0.750. The predicted molar refractivity (Wildman–Crippen MR) is 45.0 cm³/mol. The van der Waals surface area contributed by atoms with E-state index in [1.54, 1.807) is 0 Å². The Labute approximate surface area is 72.2 Å². The number of rotatable bonds is 1. The van der Waals surface area contributed by atoms with E-state index in [1.165, 1.54) is 0 Å². The molecule has 70 valence electrons. The van der Waals surface area contributed by atoms with Gasteiger partial charge in [0, 0.05) is 0 Å². The molecule has 0 atom stereocenters. The van der Waals surface area contributed by atoms with Gasteiger partial charge in [-0.3, -0.25) is 4.79 Å². The SMILES string of the molecule is C=O.CN1CCC(C(=O)O)CC1. The van der Waals surface area contributed by atoms with Crippen LogP contribution >= 0.6 is 0 Å². The topological polar surface area (TPSA) is 57.6 Å². The van der Waals surface area contributed by atoms with Gasteiger partial charge >= 0.3 is 5.97 Å². The van der Waals surface area contributed by atoms with E-state index in [0.29, 0.717) is 0 Å². The Morgan fingerprint density at radius 1 is 1.42 bits per heavy atom. The highest BCUT2D eigenvalue weighted by molar-refractivity contribution is 5.70. The lowest BCUT2D eigenvalue weighted by Gasteiger charge is -2.25. The van der Waals surface area contributed by atoms with Gasteiger partial charge in [-0.15, -0.1) is 0 Å². The molecular weight excluding hydrogens is 158 g/mol. The number of likely N-dealkylation sites (tertiary alicyclic amines) is 1. The van der Waals surface area contributed by atoms with E-state index in [0.717, 1.165) is 25.9 Å². The first-order chi connectivity index (χ1) is 5.70. The van der Waals surface area contributed by atoms with Crippen molar-refractivity contribution in [3.05, 3.63) is 0 Å². The number of carboxylic acid groups (broad SMARTS) is 1. The summed E-state index contributed by atoms with van der Waals surface area (Å²) >= 11 is 0. The molecule has 0 unspecified atom stereocenters. The monoisotopic (exact) mass is 173 g/mol. The van der Waals surface area contributed by atoms with Gasteiger partial charge in [-0.05, 0) is 33.0 Å². The first kappa shape index (κ1) is 11.1. The van der Waals surface area contributed by atoms with Gasteiger partial charge in [0.15, 0.2) is 0 Å². The highest BCUT2D eigenvalue weighted by Gasteiger charge is 2.21. The van der Waals surface area contributed by atoms with E-state index in [2.05, 4.69) is 4.90 Å². The number of carboxylic acids is 1.